The molecule has 20 heavy (non-hydrogen) atoms. The Labute approximate surface area is 117 Å². The fourth-order valence-corrected chi connectivity index (χ4v) is 2.77. The van der Waals surface area contributed by atoms with Crippen LogP contribution in [0.3, 0.4) is 0 Å². The largest absolute Gasteiger partial charge is 0.493 e. The Morgan fingerprint density at radius 2 is 1.95 bits per heavy atom. The fourth-order valence-electron chi connectivity index (χ4n) is 2.77. The van der Waals surface area contributed by atoms with Gasteiger partial charge in [0.15, 0.2) is 17.2 Å². The van der Waals surface area contributed by atoms with Crippen LogP contribution in [0.15, 0.2) is 12.1 Å². The quantitative estimate of drug-likeness (QED) is 0.839. The van der Waals surface area contributed by atoms with Crippen molar-refractivity contribution in [3.05, 3.63) is 29.2 Å². The number of hydrogen-bond acceptors (Lipinski definition) is 4. The fraction of sp³-hybridized carbons (Fsp3) is 0.333. The van der Waals surface area contributed by atoms with Gasteiger partial charge in [0.1, 0.15) is 11.9 Å². The number of fused-ring (bicyclic) bond motifs is 3. The smallest absolute Gasteiger partial charge is 0.166 e. The molecule has 2 heterocycles. The molecular weight excluding hydrogens is 254 g/mol. The van der Waals surface area contributed by atoms with Gasteiger partial charge in [0, 0.05) is 12.1 Å². The van der Waals surface area contributed by atoms with Gasteiger partial charge in [0.05, 0.1) is 19.9 Å². The summed E-state index contributed by atoms with van der Waals surface area (Å²) in [5, 5.41) is 9.28. The molecule has 0 amide bonds. The highest BCUT2D eigenvalue weighted by atomic mass is 16.5. The summed E-state index contributed by atoms with van der Waals surface area (Å²) >= 11 is 0. The molecule has 0 N–H and O–H groups in total. The number of ether oxygens (including phenoxy) is 2. The minimum atomic E-state index is 0.468. The van der Waals surface area contributed by atoms with Crippen LogP contribution in [-0.2, 0) is 13.0 Å². The normalized spacial score (nSPS) is 12.3. The SMILES string of the molecule is COc1cc2c(cc1OC)-c1c(C#N)nc(C)n1CC2. The first kappa shape index (κ1) is 12.5. The standard InChI is InChI=1S/C15H15N3O2/c1-9-17-12(8-16)15-11-7-14(20-3)13(19-2)6-10(11)4-5-18(9)15/h6-7H,4-5H2,1-3H3. The van der Waals surface area contributed by atoms with E-state index in [0.717, 1.165) is 41.4 Å². The molecule has 0 saturated carbocycles. The zero-order chi connectivity index (χ0) is 14.3. The Morgan fingerprint density at radius 3 is 2.60 bits per heavy atom. The van der Waals surface area contributed by atoms with Crippen LogP contribution in [0.25, 0.3) is 11.3 Å². The highest BCUT2D eigenvalue weighted by Crippen LogP contribution is 2.39. The van der Waals surface area contributed by atoms with Crippen molar-refractivity contribution in [3.8, 4) is 28.8 Å². The highest BCUT2D eigenvalue weighted by molar-refractivity contribution is 5.74. The molecule has 3 rings (SSSR count). The van der Waals surface area contributed by atoms with Crippen molar-refractivity contribution in [3.63, 3.8) is 0 Å². The zero-order valence-electron chi connectivity index (χ0n) is 11.7. The van der Waals surface area contributed by atoms with E-state index in [0.29, 0.717) is 11.4 Å². The van der Waals surface area contributed by atoms with Gasteiger partial charge in [-0.25, -0.2) is 4.98 Å². The lowest BCUT2D eigenvalue weighted by Gasteiger charge is -2.21. The molecule has 5 heteroatoms. The second kappa shape index (κ2) is 4.57. The predicted molar refractivity (Wildman–Crippen MR) is 73.9 cm³/mol. The van der Waals surface area contributed by atoms with Gasteiger partial charge < -0.3 is 14.0 Å². The topological polar surface area (TPSA) is 60.1 Å². The third-order valence-electron chi connectivity index (χ3n) is 3.73. The number of benzene rings is 1. The van der Waals surface area contributed by atoms with Gasteiger partial charge in [-0.15, -0.1) is 0 Å². The lowest BCUT2D eigenvalue weighted by atomic mass is 9.96. The van der Waals surface area contributed by atoms with Crippen LogP contribution < -0.4 is 9.47 Å². The first-order chi connectivity index (χ1) is 9.69. The Balaban J connectivity index is 2.28. The van der Waals surface area contributed by atoms with Gasteiger partial charge in [-0.05, 0) is 31.0 Å². The molecule has 0 atom stereocenters. The van der Waals surface area contributed by atoms with Gasteiger partial charge in [0.2, 0.25) is 0 Å². The van der Waals surface area contributed by atoms with Crippen molar-refractivity contribution in [2.45, 2.75) is 19.9 Å². The molecule has 0 spiro atoms. The molecule has 0 radical (unpaired) electrons. The third kappa shape index (κ3) is 1.65. The minimum absolute atomic E-state index is 0.468. The molecule has 5 nitrogen and oxygen atoms in total. The van der Waals surface area contributed by atoms with Crippen molar-refractivity contribution in [2.75, 3.05) is 14.2 Å². The van der Waals surface area contributed by atoms with Crippen molar-refractivity contribution >= 4 is 0 Å². The molecule has 1 aliphatic rings. The molecule has 1 aromatic heterocycles. The zero-order valence-corrected chi connectivity index (χ0v) is 11.7. The number of hydrogen-bond donors (Lipinski definition) is 0. The second-order valence-electron chi connectivity index (χ2n) is 4.73. The van der Waals surface area contributed by atoms with E-state index in [-0.39, 0.29) is 0 Å². The van der Waals surface area contributed by atoms with E-state index in [2.05, 4.69) is 15.6 Å². The molecule has 102 valence electrons. The maximum Gasteiger partial charge on any atom is 0.166 e. The summed E-state index contributed by atoms with van der Waals surface area (Å²) in [5.41, 5.74) is 3.51. The van der Waals surface area contributed by atoms with Crippen LogP contribution >= 0.6 is 0 Å². The van der Waals surface area contributed by atoms with Crippen LogP contribution in [-0.4, -0.2) is 23.8 Å². The van der Waals surface area contributed by atoms with Crippen LogP contribution in [0.1, 0.15) is 17.1 Å². The van der Waals surface area contributed by atoms with Crippen LogP contribution in [0.2, 0.25) is 0 Å². The summed E-state index contributed by atoms with van der Waals surface area (Å²) in [6, 6.07) is 6.10. The summed E-state index contributed by atoms with van der Waals surface area (Å²) < 4.78 is 12.8. The number of nitrogens with zero attached hydrogens (tertiary/aromatic N) is 3. The Kier molecular flexibility index (Phi) is 2.87. The molecule has 2 aromatic rings. The first-order valence-electron chi connectivity index (χ1n) is 6.42. The van der Waals surface area contributed by atoms with E-state index in [9.17, 15) is 5.26 Å². The van der Waals surface area contributed by atoms with E-state index in [1.807, 2.05) is 19.1 Å². The first-order valence-corrected chi connectivity index (χ1v) is 6.42. The number of rotatable bonds is 2. The average molecular weight is 269 g/mol. The Morgan fingerprint density at radius 1 is 1.25 bits per heavy atom. The molecule has 0 aliphatic carbocycles. The van der Waals surface area contributed by atoms with Crippen LogP contribution in [0.5, 0.6) is 11.5 Å². The monoisotopic (exact) mass is 269 g/mol. The molecule has 0 bridgehead atoms. The average Bonchev–Trinajstić information content (AvgIpc) is 2.82. The molecule has 1 aliphatic heterocycles. The van der Waals surface area contributed by atoms with E-state index >= 15 is 0 Å². The summed E-state index contributed by atoms with van der Waals surface area (Å²) in [6.45, 7) is 2.76. The maximum absolute atomic E-state index is 9.28. The number of aryl methyl sites for hydroxylation is 2. The summed E-state index contributed by atoms with van der Waals surface area (Å²) in [5.74, 6) is 2.26. The van der Waals surface area contributed by atoms with E-state index in [1.165, 1.54) is 0 Å². The third-order valence-corrected chi connectivity index (χ3v) is 3.73. The van der Waals surface area contributed by atoms with E-state index in [4.69, 9.17) is 9.47 Å². The van der Waals surface area contributed by atoms with Gasteiger partial charge in [0.25, 0.3) is 0 Å². The summed E-state index contributed by atoms with van der Waals surface area (Å²) in [6.07, 6.45) is 0.894. The highest BCUT2D eigenvalue weighted by Gasteiger charge is 2.25. The van der Waals surface area contributed by atoms with Crippen LogP contribution in [0.4, 0.5) is 0 Å². The summed E-state index contributed by atoms with van der Waals surface area (Å²) in [7, 11) is 3.24. The lowest BCUT2D eigenvalue weighted by Crippen LogP contribution is -2.12. The Hall–Kier alpha value is -2.48. The molecular formula is C15H15N3O2. The second-order valence-corrected chi connectivity index (χ2v) is 4.73. The number of nitriles is 1. The lowest BCUT2D eigenvalue weighted by molar-refractivity contribution is 0.354. The van der Waals surface area contributed by atoms with Gasteiger partial charge in [-0.1, -0.05) is 0 Å². The maximum atomic E-state index is 9.28. The van der Waals surface area contributed by atoms with E-state index in [1.54, 1.807) is 14.2 Å². The molecule has 0 fully saturated rings. The van der Waals surface area contributed by atoms with Gasteiger partial charge >= 0.3 is 0 Å². The molecule has 1 aromatic carbocycles. The Bertz CT molecular complexity index is 726. The number of aromatic nitrogens is 2. The minimum Gasteiger partial charge on any atom is -0.493 e. The van der Waals surface area contributed by atoms with Crippen molar-refractivity contribution in [2.24, 2.45) is 0 Å². The van der Waals surface area contributed by atoms with E-state index < -0.39 is 0 Å². The van der Waals surface area contributed by atoms with Gasteiger partial charge in [-0.3, -0.25) is 0 Å². The number of methoxy groups -OCH3 is 2. The summed E-state index contributed by atoms with van der Waals surface area (Å²) in [4.78, 5) is 4.34. The van der Waals surface area contributed by atoms with Crippen LogP contribution in [0, 0.1) is 18.3 Å². The molecule has 0 saturated heterocycles. The van der Waals surface area contributed by atoms with Crippen molar-refractivity contribution in [1.29, 1.82) is 5.26 Å². The van der Waals surface area contributed by atoms with Crippen molar-refractivity contribution in [1.82, 2.24) is 9.55 Å². The molecule has 0 unspecified atom stereocenters. The predicted octanol–water partition coefficient (Wildman–Crippen LogP) is 2.30. The van der Waals surface area contributed by atoms with Crippen molar-refractivity contribution < 1.29 is 9.47 Å². The van der Waals surface area contributed by atoms with Gasteiger partial charge in [-0.2, -0.15) is 5.26 Å². The number of imidazole rings is 1.